The van der Waals surface area contributed by atoms with Gasteiger partial charge in [0.1, 0.15) is 12.2 Å². The summed E-state index contributed by atoms with van der Waals surface area (Å²) < 4.78 is 12.5. The van der Waals surface area contributed by atoms with Crippen LogP contribution < -0.4 is 19.7 Å². The molecule has 3 aromatic rings. The molecule has 0 aromatic heterocycles. The Hall–Kier alpha value is -3.91. The van der Waals surface area contributed by atoms with E-state index in [2.05, 4.69) is 21.2 Å². The lowest BCUT2D eigenvalue weighted by Gasteiger charge is -2.26. The Kier molecular flexibility index (Phi) is 8.08. The molecular weight excluding hydrogens is 536 g/mol. The fraction of sp³-hybridized carbons (Fsp3) is 0.207. The molecule has 4 rings (SSSR count). The largest absolute Gasteiger partial charge is 0.490 e. The van der Waals surface area contributed by atoms with Gasteiger partial charge in [-0.05, 0) is 83.2 Å². The number of anilines is 1. The Balaban J connectivity index is 1.64. The van der Waals surface area contributed by atoms with Crippen LogP contribution in [0.4, 0.5) is 10.5 Å². The molecule has 1 saturated heterocycles. The highest BCUT2D eigenvalue weighted by Crippen LogP contribution is 2.38. The zero-order valence-corrected chi connectivity index (χ0v) is 22.4. The number of barbiturate groups is 1. The van der Waals surface area contributed by atoms with Crippen LogP contribution in [-0.2, 0) is 22.6 Å². The second-order valence-electron chi connectivity index (χ2n) is 8.52. The average Bonchev–Trinajstić information content (AvgIpc) is 2.87. The number of rotatable bonds is 8. The van der Waals surface area contributed by atoms with Crippen molar-refractivity contribution in [2.75, 3.05) is 11.5 Å². The predicted octanol–water partition coefficient (Wildman–Crippen LogP) is 5.96. The maximum atomic E-state index is 13.3. The fourth-order valence-corrected chi connectivity index (χ4v) is 4.43. The Labute approximate surface area is 224 Å². The molecule has 7 nitrogen and oxygen atoms in total. The Morgan fingerprint density at radius 2 is 1.59 bits per heavy atom. The zero-order chi connectivity index (χ0) is 26.5. The van der Waals surface area contributed by atoms with Crippen LogP contribution in [0.2, 0.25) is 0 Å². The van der Waals surface area contributed by atoms with E-state index in [1.807, 2.05) is 57.2 Å². The second kappa shape index (κ2) is 11.4. The Morgan fingerprint density at radius 1 is 0.919 bits per heavy atom. The monoisotopic (exact) mass is 562 g/mol. The van der Waals surface area contributed by atoms with Gasteiger partial charge < -0.3 is 9.47 Å². The van der Waals surface area contributed by atoms with Gasteiger partial charge >= 0.3 is 6.03 Å². The molecule has 8 heteroatoms. The molecule has 0 radical (unpaired) electrons. The highest BCUT2D eigenvalue weighted by Gasteiger charge is 2.36. The first-order chi connectivity index (χ1) is 17.8. The third kappa shape index (κ3) is 5.91. The van der Waals surface area contributed by atoms with E-state index in [9.17, 15) is 14.4 Å². The van der Waals surface area contributed by atoms with Gasteiger partial charge in [-0.1, -0.05) is 48.9 Å². The van der Waals surface area contributed by atoms with Gasteiger partial charge in [0.05, 0.1) is 16.8 Å². The molecule has 0 aliphatic carbocycles. The Morgan fingerprint density at radius 3 is 2.24 bits per heavy atom. The van der Waals surface area contributed by atoms with Crippen molar-refractivity contribution in [3.63, 3.8) is 0 Å². The van der Waals surface area contributed by atoms with Crippen LogP contribution in [0.15, 0.2) is 70.7 Å². The number of hydrogen-bond donors (Lipinski definition) is 1. The summed E-state index contributed by atoms with van der Waals surface area (Å²) in [7, 11) is 0. The van der Waals surface area contributed by atoms with Crippen molar-refractivity contribution in [2.45, 2.75) is 33.8 Å². The molecule has 0 atom stereocenters. The summed E-state index contributed by atoms with van der Waals surface area (Å²) in [6.45, 7) is 6.63. The van der Waals surface area contributed by atoms with E-state index in [0.29, 0.717) is 40.4 Å². The molecule has 1 heterocycles. The third-order valence-corrected chi connectivity index (χ3v) is 6.44. The van der Waals surface area contributed by atoms with E-state index < -0.39 is 17.8 Å². The molecule has 0 unspecified atom stereocenters. The minimum Gasteiger partial charge on any atom is -0.490 e. The molecule has 4 amide bonds. The van der Waals surface area contributed by atoms with E-state index in [4.69, 9.17) is 9.47 Å². The van der Waals surface area contributed by atoms with Gasteiger partial charge in [-0.15, -0.1) is 0 Å². The molecular formula is C29H27BrN2O5. The number of nitrogens with zero attached hydrogens (tertiary/aromatic N) is 1. The second-order valence-corrected chi connectivity index (χ2v) is 9.37. The van der Waals surface area contributed by atoms with Gasteiger partial charge in [-0.2, -0.15) is 0 Å². The summed E-state index contributed by atoms with van der Waals surface area (Å²) in [5, 5.41) is 2.26. The van der Waals surface area contributed by atoms with E-state index in [1.54, 1.807) is 24.3 Å². The van der Waals surface area contributed by atoms with Crippen molar-refractivity contribution in [2.24, 2.45) is 0 Å². The average molecular weight is 563 g/mol. The highest BCUT2D eigenvalue weighted by atomic mass is 79.9. The van der Waals surface area contributed by atoms with Crippen LogP contribution >= 0.6 is 15.9 Å². The van der Waals surface area contributed by atoms with Gasteiger partial charge in [0.2, 0.25) is 0 Å². The lowest BCUT2D eigenvalue weighted by molar-refractivity contribution is -0.122. The number of ether oxygens (including phenoxy) is 2. The normalized spacial score (nSPS) is 14.6. The number of carbonyl (C=O) groups is 3. The van der Waals surface area contributed by atoms with Crippen molar-refractivity contribution in [1.29, 1.82) is 0 Å². The first-order valence-corrected chi connectivity index (χ1v) is 12.7. The van der Waals surface area contributed by atoms with Crippen molar-refractivity contribution >= 4 is 45.5 Å². The molecule has 1 fully saturated rings. The van der Waals surface area contributed by atoms with Gasteiger partial charge in [-0.3, -0.25) is 14.9 Å². The van der Waals surface area contributed by atoms with Gasteiger partial charge in [-0.25, -0.2) is 9.69 Å². The number of urea groups is 1. The number of aryl methyl sites for hydroxylation is 2. The van der Waals surface area contributed by atoms with E-state index in [0.717, 1.165) is 28.0 Å². The number of nitrogens with one attached hydrogen (secondary N) is 1. The van der Waals surface area contributed by atoms with Crippen molar-refractivity contribution in [3.8, 4) is 11.5 Å². The summed E-state index contributed by atoms with van der Waals surface area (Å²) >= 11 is 3.54. The highest BCUT2D eigenvalue weighted by molar-refractivity contribution is 9.10. The predicted molar refractivity (Wildman–Crippen MR) is 146 cm³/mol. The van der Waals surface area contributed by atoms with Gasteiger partial charge in [0.15, 0.2) is 11.5 Å². The summed E-state index contributed by atoms with van der Waals surface area (Å²) in [4.78, 5) is 39.4. The fourth-order valence-electron chi connectivity index (χ4n) is 3.85. The van der Waals surface area contributed by atoms with Gasteiger partial charge in [0.25, 0.3) is 11.8 Å². The van der Waals surface area contributed by atoms with Crippen LogP contribution in [0.3, 0.4) is 0 Å². The van der Waals surface area contributed by atoms with Crippen LogP contribution in [-0.4, -0.2) is 24.5 Å². The number of carbonyl (C=O) groups excluding carboxylic acids is 3. The summed E-state index contributed by atoms with van der Waals surface area (Å²) in [6.07, 6.45) is 2.26. The van der Waals surface area contributed by atoms with E-state index >= 15 is 0 Å². The summed E-state index contributed by atoms with van der Waals surface area (Å²) in [5.74, 6) is -0.489. The van der Waals surface area contributed by atoms with Crippen molar-refractivity contribution in [3.05, 3.63) is 93.0 Å². The number of halogens is 1. The molecule has 1 aliphatic rings. The molecule has 0 spiro atoms. The molecule has 190 valence electrons. The number of imide groups is 2. The minimum atomic E-state index is -0.785. The minimum absolute atomic E-state index is 0.165. The quantitative estimate of drug-likeness (QED) is 0.270. The molecule has 0 bridgehead atoms. The van der Waals surface area contributed by atoms with E-state index in [-0.39, 0.29) is 5.57 Å². The van der Waals surface area contributed by atoms with Crippen LogP contribution in [0.5, 0.6) is 11.5 Å². The third-order valence-electron chi connectivity index (χ3n) is 5.85. The van der Waals surface area contributed by atoms with Crippen LogP contribution in [0, 0.1) is 6.92 Å². The molecule has 1 N–H and O–H groups in total. The lowest BCUT2D eigenvalue weighted by Crippen LogP contribution is -2.54. The topological polar surface area (TPSA) is 84.9 Å². The van der Waals surface area contributed by atoms with Crippen molar-refractivity contribution in [1.82, 2.24) is 5.32 Å². The summed E-state index contributed by atoms with van der Waals surface area (Å²) in [6, 6.07) is 17.7. The zero-order valence-electron chi connectivity index (χ0n) is 20.8. The number of hydrogen-bond acceptors (Lipinski definition) is 5. The molecule has 3 aromatic carbocycles. The Bertz CT molecular complexity index is 1360. The van der Waals surface area contributed by atoms with Crippen molar-refractivity contribution < 1.29 is 23.9 Å². The van der Waals surface area contributed by atoms with E-state index in [1.165, 1.54) is 6.08 Å². The maximum absolute atomic E-state index is 13.3. The standard InChI is InChI=1S/C29H27BrN2O5/c1-4-19-10-12-22(13-11-19)32-28(34)23(27(33)31-29(32)35)14-21-15-24(30)26(25(16-21)36-5-2)37-17-20-8-6-18(3)7-9-20/h6-16H,4-5,17H2,1-3H3,(H,31,33,35)/b23-14-. The first kappa shape index (κ1) is 26.2. The van der Waals surface area contributed by atoms with Crippen LogP contribution in [0.25, 0.3) is 6.08 Å². The van der Waals surface area contributed by atoms with Crippen LogP contribution in [0.1, 0.15) is 36.1 Å². The van der Waals surface area contributed by atoms with Gasteiger partial charge in [0, 0.05) is 0 Å². The SMILES string of the molecule is CCOc1cc(/C=C2/C(=O)NC(=O)N(c3ccc(CC)cc3)C2=O)cc(Br)c1OCc1ccc(C)cc1. The molecule has 0 saturated carbocycles. The molecule has 1 aliphatic heterocycles. The smallest absolute Gasteiger partial charge is 0.335 e. The molecule has 37 heavy (non-hydrogen) atoms. The maximum Gasteiger partial charge on any atom is 0.335 e. The first-order valence-electron chi connectivity index (χ1n) is 12.0. The lowest BCUT2D eigenvalue weighted by atomic mass is 10.1. The number of benzene rings is 3. The number of amides is 4. The summed E-state index contributed by atoms with van der Waals surface area (Å²) in [5.41, 5.74) is 3.99.